The van der Waals surface area contributed by atoms with Gasteiger partial charge in [0, 0.05) is 66.4 Å². The second-order valence-electron chi connectivity index (χ2n) is 8.37. The number of benzene rings is 2. The van der Waals surface area contributed by atoms with Crippen LogP contribution >= 0.6 is 0 Å². The number of aromatic nitrogens is 4. The average Bonchev–Trinajstić information content (AvgIpc) is 2.85. The molecule has 0 bridgehead atoms. The molecule has 0 saturated carbocycles. The smallest absolute Gasteiger partial charge is 0.294 e. The molecule has 1 aliphatic rings. The van der Waals surface area contributed by atoms with E-state index in [4.69, 9.17) is 0 Å². The van der Waals surface area contributed by atoms with E-state index in [9.17, 15) is 13.2 Å². The van der Waals surface area contributed by atoms with Gasteiger partial charge in [0.15, 0.2) is 11.6 Å². The number of alkyl halides is 3. The first-order valence-electron chi connectivity index (χ1n) is 11.0. The third-order valence-electron chi connectivity index (χ3n) is 5.99. The molecule has 0 radical (unpaired) electrons. The molecule has 2 aromatic heterocycles. The maximum atomic E-state index is 12.8. The number of aryl methyl sites for hydroxylation is 1. The van der Waals surface area contributed by atoms with E-state index in [-0.39, 0.29) is 0 Å². The van der Waals surface area contributed by atoms with Gasteiger partial charge in [-0.1, -0.05) is 42.5 Å². The Morgan fingerprint density at radius 2 is 1.53 bits per heavy atom. The molecule has 0 N–H and O–H groups in total. The molecule has 0 atom stereocenters. The van der Waals surface area contributed by atoms with Crippen LogP contribution in [0.25, 0.3) is 22.8 Å². The number of rotatable bonds is 4. The molecule has 0 amide bonds. The molecule has 172 valence electrons. The Labute approximate surface area is 195 Å². The Morgan fingerprint density at radius 3 is 2.24 bits per heavy atom. The fourth-order valence-corrected chi connectivity index (χ4v) is 4.07. The molecular formula is C26H22F3N5. The van der Waals surface area contributed by atoms with E-state index < -0.39 is 11.7 Å². The van der Waals surface area contributed by atoms with Crippen molar-refractivity contribution in [2.45, 2.75) is 32.6 Å². The molecule has 3 heterocycles. The van der Waals surface area contributed by atoms with Crippen LogP contribution in [-0.2, 0) is 25.7 Å². The maximum Gasteiger partial charge on any atom is 0.416 e. The van der Waals surface area contributed by atoms with Crippen LogP contribution in [0.2, 0.25) is 0 Å². The van der Waals surface area contributed by atoms with Crippen LogP contribution in [0.5, 0.6) is 0 Å². The maximum absolute atomic E-state index is 12.8. The second kappa shape index (κ2) is 8.95. The summed E-state index contributed by atoms with van der Waals surface area (Å²) in [4.78, 5) is 20.6. The van der Waals surface area contributed by atoms with Crippen molar-refractivity contribution in [1.29, 1.82) is 0 Å². The van der Waals surface area contributed by atoms with Crippen molar-refractivity contribution in [2.24, 2.45) is 0 Å². The molecule has 4 aromatic rings. The minimum Gasteiger partial charge on any atom is -0.294 e. The number of hydrogen-bond donors (Lipinski definition) is 0. The molecule has 1 aliphatic heterocycles. The fraction of sp³-hybridized carbons (Fsp3) is 0.231. The van der Waals surface area contributed by atoms with E-state index in [1.54, 1.807) is 6.20 Å². The molecule has 0 saturated heterocycles. The summed E-state index contributed by atoms with van der Waals surface area (Å²) in [5.74, 6) is 1.16. The van der Waals surface area contributed by atoms with E-state index in [1.165, 1.54) is 12.1 Å². The van der Waals surface area contributed by atoms with Gasteiger partial charge in [0.2, 0.25) is 0 Å². The van der Waals surface area contributed by atoms with Gasteiger partial charge < -0.3 is 0 Å². The van der Waals surface area contributed by atoms with Crippen LogP contribution in [-0.4, -0.2) is 31.4 Å². The molecule has 0 spiro atoms. The fourth-order valence-electron chi connectivity index (χ4n) is 4.07. The van der Waals surface area contributed by atoms with Crippen molar-refractivity contribution < 1.29 is 13.2 Å². The lowest BCUT2D eigenvalue weighted by Gasteiger charge is -2.28. The van der Waals surface area contributed by atoms with E-state index in [1.807, 2.05) is 43.5 Å². The molecule has 0 fully saturated rings. The number of halogens is 3. The highest BCUT2D eigenvalue weighted by Gasteiger charge is 2.30. The molecular weight excluding hydrogens is 439 g/mol. The van der Waals surface area contributed by atoms with Gasteiger partial charge in [-0.05, 0) is 19.1 Å². The van der Waals surface area contributed by atoms with Crippen LogP contribution in [0, 0.1) is 6.92 Å². The van der Waals surface area contributed by atoms with Crippen LogP contribution in [0.15, 0.2) is 67.0 Å². The van der Waals surface area contributed by atoms with Crippen molar-refractivity contribution in [3.8, 4) is 22.8 Å². The second-order valence-corrected chi connectivity index (χ2v) is 8.37. The van der Waals surface area contributed by atoms with Gasteiger partial charge in [-0.15, -0.1) is 0 Å². The molecule has 0 aliphatic carbocycles. The number of fused-ring (bicyclic) bond motifs is 1. The van der Waals surface area contributed by atoms with Gasteiger partial charge in [-0.3, -0.25) is 4.90 Å². The predicted octanol–water partition coefficient (Wildman–Crippen LogP) is 5.49. The first-order valence-corrected chi connectivity index (χ1v) is 11.0. The van der Waals surface area contributed by atoms with Crippen molar-refractivity contribution in [2.75, 3.05) is 6.54 Å². The van der Waals surface area contributed by atoms with Gasteiger partial charge >= 0.3 is 6.18 Å². The Kier molecular flexibility index (Phi) is 5.83. The highest BCUT2D eigenvalue weighted by molar-refractivity contribution is 5.56. The van der Waals surface area contributed by atoms with Crippen LogP contribution in [0.3, 0.4) is 0 Å². The lowest BCUT2D eigenvalue weighted by Crippen LogP contribution is -2.31. The third-order valence-corrected chi connectivity index (χ3v) is 5.99. The Hall–Kier alpha value is -3.65. The van der Waals surface area contributed by atoms with E-state index in [2.05, 4.69) is 24.8 Å². The Bertz CT molecular complexity index is 1300. The van der Waals surface area contributed by atoms with E-state index in [0.717, 1.165) is 65.5 Å². The predicted molar refractivity (Wildman–Crippen MR) is 122 cm³/mol. The zero-order valence-corrected chi connectivity index (χ0v) is 18.5. The van der Waals surface area contributed by atoms with Gasteiger partial charge in [0.05, 0.1) is 11.3 Å². The average molecular weight is 461 g/mol. The zero-order valence-electron chi connectivity index (χ0n) is 18.5. The highest BCUT2D eigenvalue weighted by Crippen LogP contribution is 2.31. The summed E-state index contributed by atoms with van der Waals surface area (Å²) >= 11 is 0. The standard InChI is InChI=1S/C26H22F3N5/c1-17-20(13-30-24(32-17)18-5-3-2-4-6-18)15-34-12-11-23-21(16-34)14-31-25(33-23)19-7-9-22(10-8-19)26(27,28)29/h2-10,13-14H,11-12,15-16H2,1H3. The minimum absolute atomic E-state index is 0.446. The van der Waals surface area contributed by atoms with Crippen LogP contribution in [0.4, 0.5) is 13.2 Å². The summed E-state index contributed by atoms with van der Waals surface area (Å²) in [5.41, 5.74) is 4.88. The minimum atomic E-state index is -4.36. The summed E-state index contributed by atoms with van der Waals surface area (Å²) in [6.07, 6.45) is 0.0607. The summed E-state index contributed by atoms with van der Waals surface area (Å²) in [7, 11) is 0. The first kappa shape index (κ1) is 22.2. The van der Waals surface area contributed by atoms with Crippen molar-refractivity contribution in [3.05, 3.63) is 95.1 Å². The number of nitrogens with zero attached hydrogens (tertiary/aromatic N) is 5. The topological polar surface area (TPSA) is 54.8 Å². The molecule has 5 nitrogen and oxygen atoms in total. The van der Waals surface area contributed by atoms with Crippen molar-refractivity contribution in [3.63, 3.8) is 0 Å². The molecule has 34 heavy (non-hydrogen) atoms. The van der Waals surface area contributed by atoms with Crippen LogP contribution < -0.4 is 0 Å². The molecule has 5 rings (SSSR count). The van der Waals surface area contributed by atoms with E-state index in [0.29, 0.717) is 17.9 Å². The highest BCUT2D eigenvalue weighted by atomic mass is 19.4. The monoisotopic (exact) mass is 461 g/mol. The quantitative estimate of drug-likeness (QED) is 0.403. The summed E-state index contributed by atoms with van der Waals surface area (Å²) in [6.45, 7) is 4.24. The van der Waals surface area contributed by atoms with Gasteiger partial charge in [0.25, 0.3) is 0 Å². The Balaban J connectivity index is 1.29. The van der Waals surface area contributed by atoms with Gasteiger partial charge in [-0.2, -0.15) is 13.2 Å². The normalized spacial score (nSPS) is 14.1. The van der Waals surface area contributed by atoms with Crippen molar-refractivity contribution in [1.82, 2.24) is 24.8 Å². The lowest BCUT2D eigenvalue weighted by molar-refractivity contribution is -0.137. The van der Waals surface area contributed by atoms with Crippen molar-refractivity contribution >= 4 is 0 Å². The molecule has 2 aromatic carbocycles. The zero-order chi connectivity index (χ0) is 23.7. The summed E-state index contributed by atoms with van der Waals surface area (Å²) in [5, 5.41) is 0. The SMILES string of the molecule is Cc1nc(-c2ccccc2)ncc1CN1CCc2nc(-c3ccc(C(F)(F)F)cc3)ncc2C1. The first-order chi connectivity index (χ1) is 16.4. The molecule has 0 unspecified atom stereocenters. The van der Waals surface area contributed by atoms with Gasteiger partial charge in [0.1, 0.15) is 0 Å². The summed E-state index contributed by atoms with van der Waals surface area (Å²) in [6, 6.07) is 14.9. The summed E-state index contributed by atoms with van der Waals surface area (Å²) < 4.78 is 38.5. The van der Waals surface area contributed by atoms with Gasteiger partial charge in [-0.25, -0.2) is 19.9 Å². The molecule has 8 heteroatoms. The lowest BCUT2D eigenvalue weighted by atomic mass is 10.1. The van der Waals surface area contributed by atoms with E-state index >= 15 is 0 Å². The third kappa shape index (κ3) is 4.68. The largest absolute Gasteiger partial charge is 0.416 e. The Morgan fingerprint density at radius 1 is 0.853 bits per heavy atom. The van der Waals surface area contributed by atoms with Crippen LogP contribution in [0.1, 0.15) is 28.1 Å². The number of hydrogen-bond acceptors (Lipinski definition) is 5.